The van der Waals surface area contributed by atoms with Crippen LogP contribution < -0.4 is 0 Å². The fourth-order valence-corrected chi connectivity index (χ4v) is 0.763. The van der Waals surface area contributed by atoms with E-state index in [9.17, 15) is 8.78 Å². The molecule has 0 aliphatic heterocycles. The molecule has 0 heterocycles. The van der Waals surface area contributed by atoms with Crippen LogP contribution in [0.2, 0.25) is 0 Å². The molecule has 0 aliphatic carbocycles. The second-order valence-electron chi connectivity index (χ2n) is 2.80. The Kier molecular flexibility index (Phi) is 7.39. The Morgan fingerprint density at radius 2 is 1.62 bits per heavy atom. The maximum atomic E-state index is 12.9. The molecule has 0 bridgehead atoms. The Morgan fingerprint density at radius 3 is 1.85 bits per heavy atom. The van der Waals surface area contributed by atoms with Crippen molar-refractivity contribution < 1.29 is 8.78 Å². The average molecular weight is 188 g/mol. The molecule has 0 spiro atoms. The third kappa shape index (κ3) is 6.26. The number of halogens is 2. The van der Waals surface area contributed by atoms with E-state index in [1.807, 2.05) is 0 Å². The van der Waals surface area contributed by atoms with Crippen molar-refractivity contribution in [3.63, 3.8) is 0 Å². The largest absolute Gasteiger partial charge is 0.272 e. The topological polar surface area (TPSA) is 0 Å². The standard InChI is InChI=1S/C9H14F2.C2H4/c1-5-8(4)9(10,11)6-7(2)3;1-2/h2,4-6H2,1,3H3;1-2H2. The molecule has 2 heteroatoms. The lowest BCUT2D eigenvalue weighted by Crippen LogP contribution is -2.18. The van der Waals surface area contributed by atoms with Gasteiger partial charge in [0, 0.05) is 6.42 Å². The fraction of sp³-hybridized carbons (Fsp3) is 0.455. The minimum absolute atomic E-state index is 0.0134. The lowest BCUT2D eigenvalue weighted by molar-refractivity contribution is 0.0399. The van der Waals surface area contributed by atoms with Gasteiger partial charge in [0.15, 0.2) is 0 Å². The van der Waals surface area contributed by atoms with Crippen LogP contribution in [0.1, 0.15) is 26.7 Å². The second kappa shape index (κ2) is 6.58. The van der Waals surface area contributed by atoms with Crippen LogP contribution in [-0.2, 0) is 0 Å². The first kappa shape index (κ1) is 14.6. The highest BCUT2D eigenvalue weighted by Gasteiger charge is 2.30. The fourth-order valence-electron chi connectivity index (χ4n) is 0.763. The van der Waals surface area contributed by atoms with E-state index >= 15 is 0 Å². The normalized spacial score (nSPS) is 9.85. The molecule has 0 aliphatic rings. The van der Waals surface area contributed by atoms with Crippen LogP contribution in [-0.4, -0.2) is 5.92 Å². The van der Waals surface area contributed by atoms with Crippen LogP contribution >= 0.6 is 0 Å². The summed E-state index contributed by atoms with van der Waals surface area (Å²) in [4.78, 5) is 0. The zero-order chi connectivity index (χ0) is 11.1. The summed E-state index contributed by atoms with van der Waals surface area (Å²) in [6, 6.07) is 0. The molecule has 0 radical (unpaired) electrons. The van der Waals surface area contributed by atoms with Crippen molar-refractivity contribution >= 4 is 0 Å². The molecule has 0 saturated carbocycles. The molecule has 0 nitrogen and oxygen atoms in total. The van der Waals surface area contributed by atoms with E-state index in [0.29, 0.717) is 12.0 Å². The van der Waals surface area contributed by atoms with Gasteiger partial charge >= 0.3 is 0 Å². The molecule has 0 rings (SSSR count). The van der Waals surface area contributed by atoms with Crippen LogP contribution in [0.4, 0.5) is 8.78 Å². The predicted octanol–water partition coefficient (Wildman–Crippen LogP) is 4.36. The van der Waals surface area contributed by atoms with E-state index in [1.54, 1.807) is 13.8 Å². The van der Waals surface area contributed by atoms with Gasteiger partial charge in [0.25, 0.3) is 5.92 Å². The summed E-state index contributed by atoms with van der Waals surface area (Å²) < 4.78 is 25.8. The van der Waals surface area contributed by atoms with Gasteiger partial charge in [-0.15, -0.1) is 13.2 Å². The van der Waals surface area contributed by atoms with Crippen LogP contribution in [0.5, 0.6) is 0 Å². The van der Waals surface area contributed by atoms with Gasteiger partial charge in [-0.1, -0.05) is 25.7 Å². The summed E-state index contributed by atoms with van der Waals surface area (Å²) in [6.07, 6.45) is 0.0416. The third-order valence-electron chi connectivity index (χ3n) is 1.47. The van der Waals surface area contributed by atoms with Crippen molar-refractivity contribution in [3.05, 3.63) is 37.5 Å². The predicted molar refractivity (Wildman–Crippen MR) is 55.1 cm³/mol. The molecule has 0 aromatic rings. The summed E-state index contributed by atoms with van der Waals surface area (Å²) in [5.74, 6) is -2.76. The van der Waals surface area contributed by atoms with Gasteiger partial charge in [0.2, 0.25) is 0 Å². The summed E-state index contributed by atoms with van der Waals surface area (Å²) in [6.45, 7) is 16.0. The smallest absolute Gasteiger partial charge is 0.201 e. The molecule has 0 aromatic heterocycles. The lowest BCUT2D eigenvalue weighted by Gasteiger charge is -2.17. The highest BCUT2D eigenvalue weighted by Crippen LogP contribution is 2.30. The number of alkyl halides is 2. The first-order chi connectivity index (χ1) is 5.90. The van der Waals surface area contributed by atoms with E-state index in [-0.39, 0.29) is 12.0 Å². The van der Waals surface area contributed by atoms with Gasteiger partial charge in [0.05, 0.1) is 0 Å². The number of allylic oxidation sites excluding steroid dienone is 2. The molecule has 76 valence electrons. The average Bonchev–Trinajstić information content (AvgIpc) is 2.04. The SMILES string of the molecule is C=C.C=C(C)CC(F)(F)C(=C)CC. The minimum atomic E-state index is -2.76. The monoisotopic (exact) mass is 188 g/mol. The maximum Gasteiger partial charge on any atom is 0.272 e. The van der Waals surface area contributed by atoms with Crippen molar-refractivity contribution in [2.45, 2.75) is 32.6 Å². The Labute approximate surface area is 79.7 Å². The number of hydrogen-bond acceptors (Lipinski definition) is 0. The summed E-state index contributed by atoms with van der Waals surface area (Å²) in [5.41, 5.74) is 0.477. The highest BCUT2D eigenvalue weighted by atomic mass is 19.3. The number of rotatable bonds is 4. The van der Waals surface area contributed by atoms with Crippen LogP contribution in [0, 0.1) is 0 Å². The first-order valence-corrected chi connectivity index (χ1v) is 4.10. The van der Waals surface area contributed by atoms with Gasteiger partial charge in [-0.05, 0) is 18.9 Å². The van der Waals surface area contributed by atoms with E-state index in [0.717, 1.165) is 0 Å². The van der Waals surface area contributed by atoms with Gasteiger partial charge < -0.3 is 0 Å². The molecular weight excluding hydrogens is 170 g/mol. The van der Waals surface area contributed by atoms with Crippen LogP contribution in [0.25, 0.3) is 0 Å². The highest BCUT2D eigenvalue weighted by molar-refractivity contribution is 5.11. The Morgan fingerprint density at radius 1 is 1.23 bits per heavy atom. The number of hydrogen-bond donors (Lipinski definition) is 0. The van der Waals surface area contributed by atoms with Crippen molar-refractivity contribution in [1.29, 1.82) is 0 Å². The lowest BCUT2D eigenvalue weighted by atomic mass is 10.0. The van der Waals surface area contributed by atoms with E-state index in [1.165, 1.54) is 0 Å². The van der Waals surface area contributed by atoms with Crippen molar-refractivity contribution in [2.75, 3.05) is 0 Å². The molecular formula is C11H18F2. The molecule has 0 atom stereocenters. The maximum absolute atomic E-state index is 12.9. The summed E-state index contributed by atoms with van der Waals surface area (Å²) in [5, 5.41) is 0. The second-order valence-corrected chi connectivity index (χ2v) is 2.80. The molecule has 0 N–H and O–H groups in total. The van der Waals surface area contributed by atoms with Crippen LogP contribution in [0.3, 0.4) is 0 Å². The molecule has 0 fully saturated rings. The minimum Gasteiger partial charge on any atom is -0.201 e. The van der Waals surface area contributed by atoms with E-state index < -0.39 is 5.92 Å². The molecule has 0 saturated heterocycles. The Balaban J connectivity index is 0. The van der Waals surface area contributed by atoms with Crippen molar-refractivity contribution in [2.24, 2.45) is 0 Å². The molecule has 0 amide bonds. The van der Waals surface area contributed by atoms with Crippen LogP contribution in [0.15, 0.2) is 37.5 Å². The third-order valence-corrected chi connectivity index (χ3v) is 1.47. The molecule has 0 aromatic carbocycles. The molecule has 0 unspecified atom stereocenters. The Hall–Kier alpha value is -0.920. The quantitative estimate of drug-likeness (QED) is 0.575. The van der Waals surface area contributed by atoms with Gasteiger partial charge in [0.1, 0.15) is 0 Å². The van der Waals surface area contributed by atoms with Gasteiger partial charge in [-0.2, -0.15) is 0 Å². The summed E-state index contributed by atoms with van der Waals surface area (Å²) in [7, 11) is 0. The first-order valence-electron chi connectivity index (χ1n) is 4.10. The Bertz CT molecular complexity index is 181. The zero-order valence-corrected chi connectivity index (χ0v) is 8.50. The van der Waals surface area contributed by atoms with E-state index in [4.69, 9.17) is 0 Å². The summed E-state index contributed by atoms with van der Waals surface area (Å²) >= 11 is 0. The van der Waals surface area contributed by atoms with E-state index in [2.05, 4.69) is 26.3 Å². The van der Waals surface area contributed by atoms with Gasteiger partial charge in [-0.25, -0.2) is 8.78 Å². The zero-order valence-electron chi connectivity index (χ0n) is 8.50. The van der Waals surface area contributed by atoms with Gasteiger partial charge in [-0.3, -0.25) is 0 Å². The molecule has 13 heavy (non-hydrogen) atoms. The van der Waals surface area contributed by atoms with Crippen molar-refractivity contribution in [3.8, 4) is 0 Å². The van der Waals surface area contributed by atoms with Crippen molar-refractivity contribution in [1.82, 2.24) is 0 Å².